The molecule has 2 rings (SSSR count). The van der Waals surface area contributed by atoms with Crippen molar-refractivity contribution in [2.24, 2.45) is 0 Å². The number of hydrogen-bond acceptors (Lipinski definition) is 4. The van der Waals surface area contributed by atoms with E-state index in [9.17, 15) is 9.90 Å². The number of nitrogens with zero attached hydrogens (tertiary/aromatic N) is 1. The molecule has 5 heteroatoms. The van der Waals surface area contributed by atoms with Gasteiger partial charge in [0.15, 0.2) is 0 Å². The van der Waals surface area contributed by atoms with Crippen LogP contribution in [0.15, 0.2) is 18.2 Å². The molecule has 1 aromatic rings. The number of carbonyl (C=O) groups is 1. The second-order valence-corrected chi connectivity index (χ2v) is 3.93. The van der Waals surface area contributed by atoms with E-state index >= 15 is 0 Å². The van der Waals surface area contributed by atoms with Crippen LogP contribution < -0.4 is 10.6 Å². The lowest BCUT2D eigenvalue weighted by molar-refractivity contribution is 0.0698. The Morgan fingerprint density at radius 2 is 2.25 bits per heavy atom. The van der Waals surface area contributed by atoms with Gasteiger partial charge in [0, 0.05) is 13.1 Å². The predicted octanol–water partition coefficient (Wildman–Crippen LogP) is 0.538. The van der Waals surface area contributed by atoms with Crippen LogP contribution in [-0.2, 0) is 0 Å². The van der Waals surface area contributed by atoms with Crippen molar-refractivity contribution < 1.29 is 15.0 Å². The second-order valence-electron chi connectivity index (χ2n) is 3.93. The molecule has 0 bridgehead atoms. The number of carboxylic acids is 1. The molecule has 0 aromatic heterocycles. The van der Waals surface area contributed by atoms with Crippen molar-refractivity contribution >= 4 is 17.3 Å². The molecule has 86 valence electrons. The first-order chi connectivity index (χ1) is 7.59. The van der Waals surface area contributed by atoms with Crippen molar-refractivity contribution in [3.05, 3.63) is 23.8 Å². The van der Waals surface area contributed by atoms with E-state index in [1.165, 1.54) is 6.07 Å². The highest BCUT2D eigenvalue weighted by atomic mass is 16.4. The summed E-state index contributed by atoms with van der Waals surface area (Å²) in [4.78, 5) is 12.8. The van der Waals surface area contributed by atoms with Crippen LogP contribution in [0, 0.1) is 0 Å². The van der Waals surface area contributed by atoms with Gasteiger partial charge in [-0.05, 0) is 18.6 Å². The van der Waals surface area contributed by atoms with Crippen LogP contribution in [0.3, 0.4) is 0 Å². The molecule has 4 N–H and O–H groups in total. The average molecular weight is 222 g/mol. The van der Waals surface area contributed by atoms with Crippen LogP contribution in [0.1, 0.15) is 16.8 Å². The van der Waals surface area contributed by atoms with Gasteiger partial charge in [0.25, 0.3) is 0 Å². The highest BCUT2D eigenvalue weighted by Crippen LogP contribution is 2.29. The Labute approximate surface area is 93.1 Å². The predicted molar refractivity (Wildman–Crippen MR) is 60.7 cm³/mol. The number of aromatic carboxylic acids is 1. The van der Waals surface area contributed by atoms with Crippen molar-refractivity contribution in [2.75, 3.05) is 23.7 Å². The molecule has 1 aliphatic rings. The standard InChI is InChI=1S/C11H14N2O3/c12-10-8(11(15)16)2-1-3-9(10)13-5-4-7(14)6-13/h1-3,7,14H,4-6,12H2,(H,15,16). The summed E-state index contributed by atoms with van der Waals surface area (Å²) in [5.41, 5.74) is 6.87. The number of para-hydroxylation sites is 1. The van der Waals surface area contributed by atoms with Crippen LogP contribution >= 0.6 is 0 Å². The van der Waals surface area contributed by atoms with Gasteiger partial charge in [-0.3, -0.25) is 0 Å². The van der Waals surface area contributed by atoms with Gasteiger partial charge >= 0.3 is 5.97 Å². The Morgan fingerprint density at radius 1 is 1.50 bits per heavy atom. The van der Waals surface area contributed by atoms with E-state index in [1.807, 2.05) is 4.90 Å². The average Bonchev–Trinajstić information content (AvgIpc) is 2.64. The van der Waals surface area contributed by atoms with Gasteiger partial charge in [-0.25, -0.2) is 4.79 Å². The number of rotatable bonds is 2. The zero-order valence-corrected chi connectivity index (χ0v) is 8.76. The monoisotopic (exact) mass is 222 g/mol. The maximum Gasteiger partial charge on any atom is 0.337 e. The topological polar surface area (TPSA) is 86.8 Å². The van der Waals surface area contributed by atoms with Gasteiger partial charge in [-0.2, -0.15) is 0 Å². The molecule has 0 aliphatic carbocycles. The normalized spacial score (nSPS) is 20.1. The minimum absolute atomic E-state index is 0.110. The molecular formula is C11H14N2O3. The Kier molecular flexibility index (Phi) is 2.70. The van der Waals surface area contributed by atoms with E-state index in [0.717, 1.165) is 0 Å². The molecule has 0 spiro atoms. The Bertz CT molecular complexity index is 420. The fraction of sp³-hybridized carbons (Fsp3) is 0.364. The molecule has 0 saturated carbocycles. The van der Waals surface area contributed by atoms with E-state index in [-0.39, 0.29) is 17.4 Å². The molecule has 1 saturated heterocycles. The highest BCUT2D eigenvalue weighted by Gasteiger charge is 2.23. The first-order valence-electron chi connectivity index (χ1n) is 5.14. The molecule has 1 heterocycles. The molecule has 1 atom stereocenters. The van der Waals surface area contributed by atoms with Crippen LogP contribution in [0.5, 0.6) is 0 Å². The highest BCUT2D eigenvalue weighted by molar-refractivity contribution is 5.97. The SMILES string of the molecule is Nc1c(C(=O)O)cccc1N1CCC(O)C1. The van der Waals surface area contributed by atoms with Gasteiger partial charge in [0.2, 0.25) is 0 Å². The molecule has 16 heavy (non-hydrogen) atoms. The smallest absolute Gasteiger partial charge is 0.337 e. The number of hydrogen-bond donors (Lipinski definition) is 3. The quantitative estimate of drug-likeness (QED) is 0.636. The number of benzene rings is 1. The number of β-amino-alcohol motifs (C(OH)–C–C–N with tert-alkyl or cyclic N) is 1. The van der Waals surface area contributed by atoms with Crippen LogP contribution in [-0.4, -0.2) is 35.4 Å². The molecule has 0 radical (unpaired) electrons. The third-order valence-corrected chi connectivity index (χ3v) is 2.82. The van der Waals surface area contributed by atoms with Crippen molar-refractivity contribution in [3.8, 4) is 0 Å². The summed E-state index contributed by atoms with van der Waals surface area (Å²) >= 11 is 0. The van der Waals surface area contributed by atoms with Crippen LogP contribution in [0.4, 0.5) is 11.4 Å². The van der Waals surface area contributed by atoms with Crippen molar-refractivity contribution in [3.63, 3.8) is 0 Å². The van der Waals surface area contributed by atoms with Crippen molar-refractivity contribution in [1.29, 1.82) is 0 Å². The van der Waals surface area contributed by atoms with E-state index in [2.05, 4.69) is 0 Å². The molecule has 1 fully saturated rings. The third kappa shape index (κ3) is 1.81. The second kappa shape index (κ2) is 4.02. The molecule has 1 aromatic carbocycles. The van der Waals surface area contributed by atoms with Gasteiger partial charge in [0.1, 0.15) is 0 Å². The Hall–Kier alpha value is -1.75. The fourth-order valence-electron chi connectivity index (χ4n) is 1.98. The Morgan fingerprint density at radius 3 is 2.81 bits per heavy atom. The zero-order valence-electron chi connectivity index (χ0n) is 8.76. The lowest BCUT2D eigenvalue weighted by Crippen LogP contribution is -2.23. The lowest BCUT2D eigenvalue weighted by atomic mass is 10.1. The number of carboxylic acid groups (broad SMARTS) is 1. The van der Waals surface area contributed by atoms with Gasteiger partial charge < -0.3 is 20.8 Å². The summed E-state index contributed by atoms with van der Waals surface area (Å²) < 4.78 is 0. The minimum Gasteiger partial charge on any atom is -0.478 e. The number of aliphatic hydroxyl groups excluding tert-OH is 1. The first-order valence-corrected chi connectivity index (χ1v) is 5.14. The first kappa shape index (κ1) is 10.8. The van der Waals surface area contributed by atoms with E-state index in [0.29, 0.717) is 25.2 Å². The summed E-state index contributed by atoms with van der Waals surface area (Å²) in [6.07, 6.45) is 0.337. The number of nitrogen functional groups attached to an aromatic ring is 1. The summed E-state index contributed by atoms with van der Waals surface area (Å²) in [6, 6.07) is 4.92. The fourth-order valence-corrected chi connectivity index (χ4v) is 1.98. The summed E-state index contributed by atoms with van der Waals surface area (Å²) in [5, 5.41) is 18.4. The lowest BCUT2D eigenvalue weighted by Gasteiger charge is -2.20. The van der Waals surface area contributed by atoms with Crippen molar-refractivity contribution in [2.45, 2.75) is 12.5 Å². The summed E-state index contributed by atoms with van der Waals surface area (Å²) in [7, 11) is 0. The largest absolute Gasteiger partial charge is 0.478 e. The number of nitrogens with two attached hydrogens (primary N) is 1. The van der Waals surface area contributed by atoms with Crippen molar-refractivity contribution in [1.82, 2.24) is 0 Å². The summed E-state index contributed by atoms with van der Waals surface area (Å²) in [5.74, 6) is -1.03. The van der Waals surface area contributed by atoms with Gasteiger partial charge in [0.05, 0.1) is 23.0 Å². The van der Waals surface area contributed by atoms with Gasteiger partial charge in [-0.1, -0.05) is 6.07 Å². The molecule has 1 aliphatic heterocycles. The summed E-state index contributed by atoms with van der Waals surface area (Å²) in [6.45, 7) is 1.21. The third-order valence-electron chi connectivity index (χ3n) is 2.82. The molecular weight excluding hydrogens is 208 g/mol. The maximum absolute atomic E-state index is 10.9. The minimum atomic E-state index is -1.03. The van der Waals surface area contributed by atoms with E-state index in [1.54, 1.807) is 12.1 Å². The molecule has 0 amide bonds. The van der Waals surface area contributed by atoms with E-state index < -0.39 is 5.97 Å². The van der Waals surface area contributed by atoms with Crippen LogP contribution in [0.2, 0.25) is 0 Å². The molecule has 5 nitrogen and oxygen atoms in total. The van der Waals surface area contributed by atoms with Crippen LogP contribution in [0.25, 0.3) is 0 Å². The number of aliphatic hydroxyl groups is 1. The number of anilines is 2. The molecule has 1 unspecified atom stereocenters. The van der Waals surface area contributed by atoms with Gasteiger partial charge in [-0.15, -0.1) is 0 Å². The Balaban J connectivity index is 2.34. The van der Waals surface area contributed by atoms with E-state index in [4.69, 9.17) is 10.8 Å². The maximum atomic E-state index is 10.9. The zero-order chi connectivity index (χ0) is 11.7.